The summed E-state index contributed by atoms with van der Waals surface area (Å²) in [6.07, 6.45) is 8.86. The Labute approximate surface area is 118 Å². The van der Waals surface area contributed by atoms with Crippen LogP contribution in [0.3, 0.4) is 0 Å². The first-order valence-corrected chi connectivity index (χ1v) is 8.98. The fourth-order valence-electron chi connectivity index (χ4n) is 3.97. The van der Waals surface area contributed by atoms with Crippen molar-refractivity contribution in [1.82, 2.24) is 0 Å². The monoisotopic (exact) mass is 269 g/mol. The minimum Gasteiger partial charge on any atom is -0.0622 e. The van der Waals surface area contributed by atoms with E-state index in [0.29, 0.717) is 10.9 Å². The van der Waals surface area contributed by atoms with Crippen molar-refractivity contribution >= 4 is 10.9 Å². The molecular formula is C18H21S+. The number of rotatable bonds is 1. The van der Waals surface area contributed by atoms with Crippen LogP contribution in [0.5, 0.6) is 0 Å². The zero-order valence-electron chi connectivity index (χ0n) is 11.3. The van der Waals surface area contributed by atoms with Crippen LogP contribution in [-0.2, 0) is 10.9 Å². The summed E-state index contributed by atoms with van der Waals surface area (Å²) in [7, 11) is 0.531. The highest BCUT2D eigenvalue weighted by atomic mass is 32.2. The predicted molar refractivity (Wildman–Crippen MR) is 84.0 cm³/mol. The van der Waals surface area contributed by atoms with E-state index in [9.17, 15) is 0 Å². The van der Waals surface area contributed by atoms with Crippen LogP contribution in [0, 0.1) is 0 Å². The Morgan fingerprint density at radius 1 is 0.737 bits per heavy atom. The van der Waals surface area contributed by atoms with Crippen LogP contribution in [0.4, 0.5) is 0 Å². The van der Waals surface area contributed by atoms with E-state index in [2.05, 4.69) is 42.5 Å². The molecule has 0 aromatic rings. The van der Waals surface area contributed by atoms with Crippen LogP contribution in [0.15, 0.2) is 47.4 Å². The fraction of sp³-hybridized carbons (Fsp3) is 0.444. The van der Waals surface area contributed by atoms with Gasteiger partial charge < -0.3 is 0 Å². The van der Waals surface area contributed by atoms with Gasteiger partial charge in [-0.05, 0) is 62.3 Å². The lowest BCUT2D eigenvalue weighted by molar-refractivity contribution is 0.481. The van der Waals surface area contributed by atoms with Crippen molar-refractivity contribution in [3.8, 4) is 11.1 Å². The highest BCUT2D eigenvalue weighted by molar-refractivity contribution is 7.98. The van der Waals surface area contributed by atoms with Crippen LogP contribution in [0.2, 0.25) is 0 Å². The first-order chi connectivity index (χ1) is 9.43. The molecule has 0 saturated carbocycles. The summed E-state index contributed by atoms with van der Waals surface area (Å²) in [6, 6.07) is 15.9. The fourth-order valence-corrected chi connectivity index (χ4v) is 7.58. The lowest BCUT2D eigenvalue weighted by Crippen LogP contribution is -2.40. The normalized spacial score (nSPS) is 30.4. The molecular weight excluding hydrogens is 248 g/mol. The van der Waals surface area contributed by atoms with Crippen molar-refractivity contribution in [2.45, 2.75) is 53.9 Å². The molecule has 0 nitrogen and oxygen atoms in total. The topological polar surface area (TPSA) is 0 Å². The highest BCUT2D eigenvalue weighted by Gasteiger charge is 2.47. The maximum absolute atomic E-state index is 2.43. The summed E-state index contributed by atoms with van der Waals surface area (Å²) in [4.78, 5) is 1.68. The van der Waals surface area contributed by atoms with Gasteiger partial charge in [0, 0.05) is 16.5 Å². The molecule has 0 amide bonds. The van der Waals surface area contributed by atoms with Gasteiger partial charge in [0.15, 0.2) is 4.90 Å². The van der Waals surface area contributed by atoms with Gasteiger partial charge in [-0.25, -0.2) is 0 Å². The van der Waals surface area contributed by atoms with Gasteiger partial charge in [-0.3, -0.25) is 0 Å². The summed E-state index contributed by atoms with van der Waals surface area (Å²) in [5.41, 5.74) is 2.95. The molecule has 1 heteroatoms. The van der Waals surface area contributed by atoms with Crippen molar-refractivity contribution in [3.05, 3.63) is 42.5 Å². The second kappa shape index (κ2) is 4.86. The van der Waals surface area contributed by atoms with E-state index >= 15 is 0 Å². The Bertz CT molecular complexity index is 525. The summed E-state index contributed by atoms with van der Waals surface area (Å²) >= 11 is 0. The SMILES string of the molecule is c1ccc2ccc([S+]3C4CCCC3CCC4)c-2cc1. The molecule has 19 heavy (non-hydrogen) atoms. The molecule has 2 aliphatic carbocycles. The standard InChI is InChI=1S/C18H21S/c1-2-6-14-12-13-18(17(14)11-3-1)19-15-7-4-8-16(19)10-5-9-15/h1-3,6,11-13,15-16H,4-5,7-10H2/q+1. The van der Waals surface area contributed by atoms with Gasteiger partial charge in [0.1, 0.15) is 10.5 Å². The van der Waals surface area contributed by atoms with Gasteiger partial charge in [-0.1, -0.05) is 24.3 Å². The first kappa shape index (κ1) is 11.8. The number of hydrogen-bond acceptors (Lipinski definition) is 0. The Hall–Kier alpha value is -0.950. The van der Waals surface area contributed by atoms with Gasteiger partial charge >= 0.3 is 0 Å². The summed E-state index contributed by atoms with van der Waals surface area (Å²) in [6.45, 7) is 0. The molecule has 2 fully saturated rings. The maximum atomic E-state index is 2.43. The van der Waals surface area contributed by atoms with Crippen LogP contribution in [0.1, 0.15) is 38.5 Å². The third-order valence-electron chi connectivity index (χ3n) is 4.83. The average molecular weight is 269 g/mol. The largest absolute Gasteiger partial charge is 0.163 e. The molecule has 4 rings (SSSR count). The molecule has 0 unspecified atom stereocenters. The third kappa shape index (κ3) is 1.99. The zero-order chi connectivity index (χ0) is 12.7. The van der Waals surface area contributed by atoms with Crippen LogP contribution in [-0.4, -0.2) is 10.5 Å². The van der Waals surface area contributed by atoms with Crippen molar-refractivity contribution in [1.29, 1.82) is 0 Å². The lowest BCUT2D eigenvalue weighted by Gasteiger charge is -2.34. The average Bonchev–Trinajstić information content (AvgIpc) is 2.66. The summed E-state index contributed by atoms with van der Waals surface area (Å²) in [5.74, 6) is 0. The van der Waals surface area contributed by atoms with Gasteiger partial charge in [0.05, 0.1) is 0 Å². The van der Waals surface area contributed by atoms with Crippen LogP contribution in [0.25, 0.3) is 11.1 Å². The van der Waals surface area contributed by atoms with E-state index in [1.165, 1.54) is 49.7 Å². The van der Waals surface area contributed by atoms with Crippen molar-refractivity contribution in [3.63, 3.8) is 0 Å². The summed E-state index contributed by atoms with van der Waals surface area (Å²) in [5, 5.41) is 1.98. The number of hydrogen-bond donors (Lipinski definition) is 0. The maximum Gasteiger partial charge on any atom is 0.163 e. The van der Waals surface area contributed by atoms with E-state index in [0.717, 1.165) is 10.5 Å². The predicted octanol–water partition coefficient (Wildman–Crippen LogP) is 4.87. The van der Waals surface area contributed by atoms with Gasteiger partial charge in [-0.15, -0.1) is 0 Å². The number of fused-ring (bicyclic) bond motifs is 3. The Morgan fingerprint density at radius 2 is 1.42 bits per heavy atom. The van der Waals surface area contributed by atoms with Crippen molar-refractivity contribution in [2.24, 2.45) is 0 Å². The van der Waals surface area contributed by atoms with Crippen molar-refractivity contribution in [2.75, 3.05) is 0 Å². The minimum atomic E-state index is 0.531. The quantitative estimate of drug-likeness (QED) is 0.648. The summed E-state index contributed by atoms with van der Waals surface area (Å²) < 4.78 is 0. The first-order valence-electron chi connectivity index (χ1n) is 7.63. The van der Waals surface area contributed by atoms with Gasteiger partial charge in [0.2, 0.25) is 0 Å². The molecule has 2 aliphatic heterocycles. The second-order valence-electron chi connectivity index (χ2n) is 5.95. The van der Waals surface area contributed by atoms with E-state index in [1.54, 1.807) is 4.90 Å². The molecule has 98 valence electrons. The van der Waals surface area contributed by atoms with Crippen LogP contribution >= 0.6 is 0 Å². The van der Waals surface area contributed by atoms with E-state index in [-0.39, 0.29) is 0 Å². The Balaban J connectivity index is 1.79. The second-order valence-corrected chi connectivity index (χ2v) is 8.47. The minimum absolute atomic E-state index is 0.531. The van der Waals surface area contributed by atoms with E-state index < -0.39 is 0 Å². The molecule has 0 atom stereocenters. The molecule has 2 saturated heterocycles. The van der Waals surface area contributed by atoms with Crippen LogP contribution < -0.4 is 0 Å². The third-order valence-corrected chi connectivity index (χ3v) is 8.07. The Morgan fingerprint density at radius 3 is 2.16 bits per heavy atom. The molecule has 0 radical (unpaired) electrons. The van der Waals surface area contributed by atoms with Gasteiger partial charge in [-0.2, -0.15) is 0 Å². The molecule has 4 aliphatic rings. The van der Waals surface area contributed by atoms with Gasteiger partial charge in [0.25, 0.3) is 0 Å². The lowest BCUT2D eigenvalue weighted by atomic mass is 9.99. The molecule has 0 aromatic carbocycles. The van der Waals surface area contributed by atoms with E-state index in [4.69, 9.17) is 0 Å². The molecule has 2 bridgehead atoms. The molecule has 0 aromatic heterocycles. The highest BCUT2D eigenvalue weighted by Crippen LogP contribution is 2.45. The van der Waals surface area contributed by atoms with E-state index in [1.807, 2.05) is 0 Å². The Kier molecular flexibility index (Phi) is 3.03. The smallest absolute Gasteiger partial charge is 0.0622 e. The van der Waals surface area contributed by atoms with Crippen molar-refractivity contribution < 1.29 is 0 Å². The molecule has 2 heterocycles. The molecule has 0 N–H and O–H groups in total. The molecule has 0 spiro atoms. The zero-order valence-corrected chi connectivity index (χ0v) is 12.2.